The molecule has 74 valence electrons. The number of rotatable bonds is 4. The number of allylic oxidation sites excluding steroid dienone is 1. The molecule has 14 heavy (non-hydrogen) atoms. The number of benzene rings is 1. The fourth-order valence-corrected chi connectivity index (χ4v) is 1.11. The molecule has 1 heteroatoms. The summed E-state index contributed by atoms with van der Waals surface area (Å²) in [4.78, 5) is 11.5. The summed E-state index contributed by atoms with van der Waals surface area (Å²) >= 11 is 0. The normalized spacial score (nSPS) is 13.0. The summed E-state index contributed by atoms with van der Waals surface area (Å²) in [7, 11) is 0. The van der Waals surface area contributed by atoms with Gasteiger partial charge in [0.2, 0.25) is 0 Å². The lowest BCUT2D eigenvalue weighted by Gasteiger charge is -2.01. The van der Waals surface area contributed by atoms with Crippen LogP contribution in [-0.2, 0) is 4.79 Å². The summed E-state index contributed by atoms with van der Waals surface area (Å²) in [6.45, 7) is 3.98. The molecular formula is C13H16O. The standard InChI is InChI=1S/C13H16O/c1-3-11(2)13(14)10-9-12-7-5-4-6-8-12/h4-11H,3H2,1-2H3/b10-9-/t11-/m0/s1. The molecule has 1 rings (SSSR count). The van der Waals surface area contributed by atoms with Gasteiger partial charge in [0, 0.05) is 5.92 Å². The second-order valence-electron chi connectivity index (χ2n) is 3.46. The average molecular weight is 188 g/mol. The Morgan fingerprint density at radius 1 is 1.36 bits per heavy atom. The zero-order valence-electron chi connectivity index (χ0n) is 8.73. The Hall–Kier alpha value is -1.37. The van der Waals surface area contributed by atoms with Gasteiger partial charge in [0.15, 0.2) is 5.78 Å². The molecule has 0 radical (unpaired) electrons. The van der Waals surface area contributed by atoms with Crippen LogP contribution in [0.25, 0.3) is 6.08 Å². The molecule has 0 spiro atoms. The van der Waals surface area contributed by atoms with Crippen molar-refractivity contribution in [2.24, 2.45) is 5.92 Å². The predicted molar refractivity (Wildman–Crippen MR) is 59.9 cm³/mol. The second kappa shape index (κ2) is 5.38. The monoisotopic (exact) mass is 188 g/mol. The number of hydrogen-bond donors (Lipinski definition) is 0. The van der Waals surface area contributed by atoms with Gasteiger partial charge in [-0.1, -0.05) is 50.3 Å². The first-order valence-electron chi connectivity index (χ1n) is 5.01. The largest absolute Gasteiger partial charge is 0.295 e. The van der Waals surface area contributed by atoms with Crippen LogP contribution in [-0.4, -0.2) is 5.78 Å². The van der Waals surface area contributed by atoms with Crippen LogP contribution >= 0.6 is 0 Å². The van der Waals surface area contributed by atoms with E-state index in [1.807, 2.05) is 50.3 Å². The number of hydrogen-bond acceptors (Lipinski definition) is 1. The molecule has 0 saturated heterocycles. The minimum Gasteiger partial charge on any atom is -0.295 e. The summed E-state index contributed by atoms with van der Waals surface area (Å²) in [5, 5.41) is 0. The van der Waals surface area contributed by atoms with Crippen molar-refractivity contribution in [3.8, 4) is 0 Å². The van der Waals surface area contributed by atoms with E-state index in [1.54, 1.807) is 6.08 Å². The van der Waals surface area contributed by atoms with Gasteiger partial charge in [-0.15, -0.1) is 0 Å². The minimum absolute atomic E-state index is 0.134. The van der Waals surface area contributed by atoms with Crippen molar-refractivity contribution in [3.63, 3.8) is 0 Å². The van der Waals surface area contributed by atoms with Crippen molar-refractivity contribution >= 4 is 11.9 Å². The van der Waals surface area contributed by atoms with Gasteiger partial charge in [-0.3, -0.25) is 4.79 Å². The Morgan fingerprint density at radius 2 is 2.00 bits per heavy atom. The third-order valence-electron chi connectivity index (χ3n) is 2.34. The molecule has 0 bridgehead atoms. The lowest BCUT2D eigenvalue weighted by molar-refractivity contribution is -0.117. The number of carbonyl (C=O) groups is 1. The van der Waals surface area contributed by atoms with Gasteiger partial charge in [-0.05, 0) is 18.1 Å². The Morgan fingerprint density at radius 3 is 2.57 bits per heavy atom. The summed E-state index contributed by atoms with van der Waals surface area (Å²) in [6, 6.07) is 9.87. The van der Waals surface area contributed by atoms with Gasteiger partial charge in [-0.2, -0.15) is 0 Å². The maximum atomic E-state index is 11.5. The first-order chi connectivity index (χ1) is 6.74. The third-order valence-corrected chi connectivity index (χ3v) is 2.34. The Labute approximate surface area is 85.5 Å². The first kappa shape index (κ1) is 10.7. The molecule has 0 unspecified atom stereocenters. The lowest BCUT2D eigenvalue weighted by Crippen LogP contribution is -2.05. The molecule has 0 aliphatic carbocycles. The molecule has 1 atom stereocenters. The quantitative estimate of drug-likeness (QED) is 0.662. The SMILES string of the molecule is CC[C@H](C)C(=O)/C=C\c1ccccc1. The Bertz CT molecular complexity index is 311. The van der Waals surface area contributed by atoms with Crippen molar-refractivity contribution in [1.29, 1.82) is 0 Å². The smallest absolute Gasteiger partial charge is 0.158 e. The predicted octanol–water partition coefficient (Wildman–Crippen LogP) is 3.32. The van der Waals surface area contributed by atoms with Crippen LogP contribution < -0.4 is 0 Å². The third kappa shape index (κ3) is 3.17. The van der Waals surface area contributed by atoms with Crippen LogP contribution in [0.15, 0.2) is 36.4 Å². The van der Waals surface area contributed by atoms with Crippen LogP contribution in [0.5, 0.6) is 0 Å². The van der Waals surface area contributed by atoms with Gasteiger partial charge in [0.05, 0.1) is 0 Å². The van der Waals surface area contributed by atoms with E-state index in [1.165, 1.54) is 0 Å². The molecule has 1 aromatic carbocycles. The number of carbonyl (C=O) groups excluding carboxylic acids is 1. The fourth-order valence-electron chi connectivity index (χ4n) is 1.11. The van der Waals surface area contributed by atoms with E-state index in [-0.39, 0.29) is 11.7 Å². The number of ketones is 1. The lowest BCUT2D eigenvalue weighted by atomic mass is 10.0. The molecule has 0 aliphatic heterocycles. The summed E-state index contributed by atoms with van der Waals surface area (Å²) in [5.74, 6) is 0.339. The Kier molecular flexibility index (Phi) is 4.11. The summed E-state index contributed by atoms with van der Waals surface area (Å²) in [5.41, 5.74) is 1.07. The molecule has 0 amide bonds. The van der Waals surface area contributed by atoms with Crippen LogP contribution in [0.2, 0.25) is 0 Å². The average Bonchev–Trinajstić information content (AvgIpc) is 2.26. The molecule has 1 aromatic rings. The highest BCUT2D eigenvalue weighted by Crippen LogP contribution is 2.06. The van der Waals surface area contributed by atoms with Crippen LogP contribution in [0, 0.1) is 5.92 Å². The van der Waals surface area contributed by atoms with E-state index in [2.05, 4.69) is 0 Å². The van der Waals surface area contributed by atoms with Gasteiger partial charge in [0.25, 0.3) is 0 Å². The molecule has 1 nitrogen and oxygen atoms in total. The molecule has 0 aliphatic rings. The van der Waals surface area contributed by atoms with E-state index >= 15 is 0 Å². The van der Waals surface area contributed by atoms with Crippen LogP contribution in [0.1, 0.15) is 25.8 Å². The van der Waals surface area contributed by atoms with Gasteiger partial charge >= 0.3 is 0 Å². The molecular weight excluding hydrogens is 172 g/mol. The maximum absolute atomic E-state index is 11.5. The van der Waals surface area contributed by atoms with Crippen molar-refractivity contribution < 1.29 is 4.79 Å². The Balaban J connectivity index is 2.61. The summed E-state index contributed by atoms with van der Waals surface area (Å²) < 4.78 is 0. The zero-order valence-corrected chi connectivity index (χ0v) is 8.73. The van der Waals surface area contributed by atoms with E-state index in [4.69, 9.17) is 0 Å². The second-order valence-corrected chi connectivity index (χ2v) is 3.46. The van der Waals surface area contributed by atoms with E-state index in [0.29, 0.717) is 0 Å². The van der Waals surface area contributed by atoms with Crippen LogP contribution in [0.3, 0.4) is 0 Å². The van der Waals surface area contributed by atoms with Gasteiger partial charge in [0.1, 0.15) is 0 Å². The highest BCUT2D eigenvalue weighted by atomic mass is 16.1. The fraction of sp³-hybridized carbons (Fsp3) is 0.308. The van der Waals surface area contributed by atoms with Crippen LogP contribution in [0.4, 0.5) is 0 Å². The molecule has 0 N–H and O–H groups in total. The van der Waals surface area contributed by atoms with Crippen molar-refractivity contribution in [2.75, 3.05) is 0 Å². The molecule has 0 heterocycles. The molecule has 0 fully saturated rings. The van der Waals surface area contributed by atoms with E-state index < -0.39 is 0 Å². The van der Waals surface area contributed by atoms with Gasteiger partial charge in [-0.25, -0.2) is 0 Å². The molecule has 0 saturated carbocycles. The highest BCUT2D eigenvalue weighted by Gasteiger charge is 2.05. The summed E-state index contributed by atoms with van der Waals surface area (Å²) in [6.07, 6.45) is 4.44. The van der Waals surface area contributed by atoms with E-state index in [0.717, 1.165) is 12.0 Å². The van der Waals surface area contributed by atoms with Gasteiger partial charge < -0.3 is 0 Å². The van der Waals surface area contributed by atoms with Crippen molar-refractivity contribution in [2.45, 2.75) is 20.3 Å². The maximum Gasteiger partial charge on any atom is 0.158 e. The van der Waals surface area contributed by atoms with E-state index in [9.17, 15) is 4.79 Å². The zero-order chi connectivity index (χ0) is 10.4. The van der Waals surface area contributed by atoms with Crippen molar-refractivity contribution in [3.05, 3.63) is 42.0 Å². The van der Waals surface area contributed by atoms with Crippen molar-refractivity contribution in [1.82, 2.24) is 0 Å². The topological polar surface area (TPSA) is 17.1 Å². The highest BCUT2D eigenvalue weighted by molar-refractivity contribution is 5.95. The minimum atomic E-state index is 0.134. The molecule has 0 aromatic heterocycles. The first-order valence-corrected chi connectivity index (χ1v) is 5.01.